The van der Waals surface area contributed by atoms with Gasteiger partial charge in [-0.1, -0.05) is 25.1 Å². The lowest BCUT2D eigenvalue weighted by Gasteiger charge is -2.32. The van der Waals surface area contributed by atoms with Crippen molar-refractivity contribution in [2.45, 2.75) is 38.5 Å². The maximum absolute atomic E-state index is 15.5. The molecule has 13 heteroatoms. The number of likely N-dealkylation sites (N-methyl/N-ethyl adjacent to an activating group) is 1. The minimum Gasteiger partial charge on any atom is -0.356 e. The van der Waals surface area contributed by atoms with Crippen LogP contribution in [0.3, 0.4) is 0 Å². The summed E-state index contributed by atoms with van der Waals surface area (Å²) in [5.41, 5.74) is 1.43. The standard InChI is InChI=1S/C31H34F2N8O3/c1-18(2)30-36-28(37-44-30)19-7-9-39(10-8-19)29-23-15-21(32)14-22(27(23)34-17-35-29)20-5-6-25(24(33)13-20)41-12-11-40(31(41)43)16-26(42)38(3)4/h5-6,13-15,17-19H,7-12,16H2,1-4H3. The van der Waals surface area contributed by atoms with Gasteiger partial charge < -0.3 is 19.2 Å². The highest BCUT2D eigenvalue weighted by atomic mass is 19.1. The van der Waals surface area contributed by atoms with E-state index in [1.165, 1.54) is 45.3 Å². The van der Waals surface area contributed by atoms with Gasteiger partial charge in [0.1, 0.15) is 30.3 Å². The van der Waals surface area contributed by atoms with E-state index >= 15 is 8.78 Å². The molecule has 3 amide bonds. The number of anilines is 2. The summed E-state index contributed by atoms with van der Waals surface area (Å²) in [6, 6.07) is 6.74. The summed E-state index contributed by atoms with van der Waals surface area (Å²) < 4.78 is 36.0. The van der Waals surface area contributed by atoms with Crippen LogP contribution in [0.5, 0.6) is 0 Å². The largest absolute Gasteiger partial charge is 0.356 e. The highest BCUT2D eigenvalue weighted by Gasteiger charge is 2.33. The Kier molecular flexibility index (Phi) is 7.87. The van der Waals surface area contributed by atoms with Crippen LogP contribution in [0.15, 0.2) is 41.2 Å². The highest BCUT2D eigenvalue weighted by Crippen LogP contribution is 2.37. The van der Waals surface area contributed by atoms with Gasteiger partial charge in [0.25, 0.3) is 0 Å². The fourth-order valence-corrected chi connectivity index (χ4v) is 5.74. The van der Waals surface area contributed by atoms with Crippen LogP contribution in [0.2, 0.25) is 0 Å². The fourth-order valence-electron chi connectivity index (χ4n) is 5.74. The Bertz CT molecular complexity index is 1720. The molecule has 0 atom stereocenters. The number of benzene rings is 2. The van der Waals surface area contributed by atoms with Crippen LogP contribution in [0.25, 0.3) is 22.0 Å². The van der Waals surface area contributed by atoms with Gasteiger partial charge in [-0.25, -0.2) is 23.5 Å². The van der Waals surface area contributed by atoms with Gasteiger partial charge >= 0.3 is 6.03 Å². The normalized spacial score (nSPS) is 16.1. The number of carbonyl (C=O) groups excluding carboxylic acids is 2. The van der Waals surface area contributed by atoms with E-state index in [-0.39, 0.29) is 36.5 Å². The molecule has 11 nitrogen and oxygen atoms in total. The molecule has 0 saturated carbocycles. The molecule has 0 aliphatic carbocycles. The summed E-state index contributed by atoms with van der Waals surface area (Å²) in [4.78, 5) is 44.8. The monoisotopic (exact) mass is 604 g/mol. The van der Waals surface area contributed by atoms with Crippen LogP contribution in [-0.2, 0) is 4.79 Å². The van der Waals surface area contributed by atoms with Gasteiger partial charge in [0, 0.05) is 63.1 Å². The van der Waals surface area contributed by atoms with E-state index in [4.69, 9.17) is 4.52 Å². The Morgan fingerprint density at radius 2 is 1.84 bits per heavy atom. The molecular formula is C31H34F2N8O3. The zero-order chi connectivity index (χ0) is 31.1. The van der Waals surface area contributed by atoms with Crippen LogP contribution >= 0.6 is 0 Å². The molecule has 0 N–H and O–H groups in total. The summed E-state index contributed by atoms with van der Waals surface area (Å²) in [5, 5.41) is 4.71. The molecule has 44 heavy (non-hydrogen) atoms. The smallest absolute Gasteiger partial charge is 0.325 e. The SMILES string of the molecule is CC(C)c1nc(C2CCN(c3ncnc4c(-c5ccc(N6CCN(CC(=O)N(C)C)C6=O)c(F)c5)cc(F)cc34)CC2)no1. The summed E-state index contributed by atoms with van der Waals surface area (Å²) in [6.07, 6.45) is 3.01. The van der Waals surface area contributed by atoms with Gasteiger partial charge in [-0.15, -0.1) is 0 Å². The topological polar surface area (TPSA) is 112 Å². The van der Waals surface area contributed by atoms with E-state index in [0.29, 0.717) is 59.2 Å². The highest BCUT2D eigenvalue weighted by molar-refractivity contribution is 6.00. The van der Waals surface area contributed by atoms with E-state index in [0.717, 1.165) is 12.8 Å². The van der Waals surface area contributed by atoms with E-state index in [1.54, 1.807) is 20.2 Å². The number of hydrogen-bond acceptors (Lipinski definition) is 8. The molecule has 0 radical (unpaired) electrons. The van der Waals surface area contributed by atoms with Crippen molar-refractivity contribution < 1.29 is 22.9 Å². The number of hydrogen-bond donors (Lipinski definition) is 0. The lowest BCUT2D eigenvalue weighted by atomic mass is 9.95. The van der Waals surface area contributed by atoms with Gasteiger partial charge in [-0.3, -0.25) is 9.69 Å². The molecule has 6 rings (SSSR count). The first-order chi connectivity index (χ1) is 21.1. The van der Waals surface area contributed by atoms with Crippen LogP contribution in [0.4, 0.5) is 25.1 Å². The Morgan fingerprint density at radius 3 is 2.52 bits per heavy atom. The van der Waals surface area contributed by atoms with Crippen molar-refractivity contribution in [2.24, 2.45) is 0 Å². The first-order valence-electron chi connectivity index (χ1n) is 14.7. The third-order valence-electron chi connectivity index (χ3n) is 8.26. The summed E-state index contributed by atoms with van der Waals surface area (Å²) in [5.74, 6) is 0.930. The second-order valence-corrected chi connectivity index (χ2v) is 11.8. The molecule has 0 spiro atoms. The fraction of sp³-hybridized carbons (Fsp3) is 0.419. The minimum atomic E-state index is -0.632. The number of halogens is 2. The molecule has 0 bridgehead atoms. The first kappa shape index (κ1) is 29.4. The number of urea groups is 1. The zero-order valence-corrected chi connectivity index (χ0v) is 25.1. The number of piperidine rings is 1. The second-order valence-electron chi connectivity index (χ2n) is 11.8. The summed E-state index contributed by atoms with van der Waals surface area (Å²) in [6.45, 7) is 5.83. The van der Waals surface area contributed by atoms with Crippen molar-refractivity contribution in [3.05, 3.63) is 60.0 Å². The minimum absolute atomic E-state index is 0.0762. The molecule has 230 valence electrons. The molecule has 2 aliphatic heterocycles. The molecule has 4 aromatic rings. The Labute approximate surface area is 253 Å². The molecule has 2 fully saturated rings. The molecule has 2 saturated heterocycles. The molecular weight excluding hydrogens is 570 g/mol. The lowest BCUT2D eigenvalue weighted by molar-refractivity contribution is -0.129. The van der Waals surface area contributed by atoms with Gasteiger partial charge in [0.15, 0.2) is 5.82 Å². The van der Waals surface area contributed by atoms with Crippen molar-refractivity contribution in [3.63, 3.8) is 0 Å². The number of amides is 3. The maximum atomic E-state index is 15.5. The molecule has 2 aromatic carbocycles. The van der Waals surface area contributed by atoms with Gasteiger partial charge in [-0.05, 0) is 42.7 Å². The molecule has 0 unspecified atom stereocenters. The summed E-state index contributed by atoms with van der Waals surface area (Å²) in [7, 11) is 3.23. The van der Waals surface area contributed by atoms with Gasteiger partial charge in [0.2, 0.25) is 11.8 Å². The number of fused-ring (bicyclic) bond motifs is 1. The second kappa shape index (κ2) is 11.8. The molecule has 4 heterocycles. The van der Waals surface area contributed by atoms with E-state index < -0.39 is 17.7 Å². The van der Waals surface area contributed by atoms with Crippen LogP contribution < -0.4 is 9.80 Å². The number of aromatic nitrogens is 4. The third-order valence-corrected chi connectivity index (χ3v) is 8.26. The Hall–Kier alpha value is -4.68. The first-order valence-corrected chi connectivity index (χ1v) is 14.7. The lowest BCUT2D eigenvalue weighted by Crippen LogP contribution is -2.39. The average Bonchev–Trinajstić information content (AvgIpc) is 3.64. The predicted molar refractivity (Wildman–Crippen MR) is 160 cm³/mol. The predicted octanol–water partition coefficient (Wildman–Crippen LogP) is 4.80. The van der Waals surface area contributed by atoms with Gasteiger partial charge in [0.05, 0.1) is 11.2 Å². The number of carbonyl (C=O) groups is 2. The maximum Gasteiger partial charge on any atom is 0.325 e. The zero-order valence-electron chi connectivity index (χ0n) is 25.1. The van der Waals surface area contributed by atoms with Gasteiger partial charge in [-0.2, -0.15) is 4.98 Å². The average molecular weight is 605 g/mol. The van der Waals surface area contributed by atoms with E-state index in [9.17, 15) is 9.59 Å². The number of nitrogens with zero attached hydrogens (tertiary/aromatic N) is 8. The van der Waals surface area contributed by atoms with Crippen molar-refractivity contribution in [3.8, 4) is 11.1 Å². The van der Waals surface area contributed by atoms with Crippen LogP contribution in [0.1, 0.15) is 50.2 Å². The van der Waals surface area contributed by atoms with Crippen molar-refractivity contribution in [2.75, 3.05) is 56.6 Å². The van der Waals surface area contributed by atoms with Crippen molar-refractivity contribution >= 4 is 34.3 Å². The van der Waals surface area contributed by atoms with Crippen LogP contribution in [-0.4, -0.2) is 88.7 Å². The molecule has 2 aromatic heterocycles. The van der Waals surface area contributed by atoms with E-state index in [1.807, 2.05) is 13.8 Å². The number of rotatable bonds is 7. The Morgan fingerprint density at radius 1 is 1.07 bits per heavy atom. The van der Waals surface area contributed by atoms with Crippen LogP contribution in [0, 0.1) is 11.6 Å². The van der Waals surface area contributed by atoms with E-state index in [2.05, 4.69) is 25.0 Å². The quantitative estimate of drug-likeness (QED) is 0.296. The summed E-state index contributed by atoms with van der Waals surface area (Å²) >= 11 is 0. The Balaban J connectivity index is 1.24. The van der Waals surface area contributed by atoms with Crippen molar-refractivity contribution in [1.29, 1.82) is 0 Å². The molecule has 2 aliphatic rings. The van der Waals surface area contributed by atoms with Crippen molar-refractivity contribution in [1.82, 2.24) is 29.9 Å². The third kappa shape index (κ3) is 5.53.